The number of fused-ring (bicyclic) bond motifs is 1. The second kappa shape index (κ2) is 9.75. The minimum Gasteiger partial charge on any atom is -0.383 e. The topological polar surface area (TPSA) is 67.3 Å². The lowest BCUT2D eigenvalue weighted by Crippen LogP contribution is -2.42. The van der Waals surface area contributed by atoms with Crippen molar-refractivity contribution in [2.75, 3.05) is 31.7 Å². The zero-order valence-electron chi connectivity index (χ0n) is 18.5. The van der Waals surface area contributed by atoms with Gasteiger partial charge in [-0.15, -0.1) is 11.3 Å². The summed E-state index contributed by atoms with van der Waals surface area (Å²) < 4.78 is 6.25. The first kappa shape index (κ1) is 21.7. The normalized spacial score (nSPS) is 16.6. The summed E-state index contributed by atoms with van der Waals surface area (Å²) in [6.45, 7) is 5.97. The number of rotatable bonds is 7. The molecule has 164 valence electrons. The van der Waals surface area contributed by atoms with Crippen LogP contribution in [-0.4, -0.2) is 48.7 Å². The van der Waals surface area contributed by atoms with Crippen molar-refractivity contribution in [3.63, 3.8) is 0 Å². The summed E-state index contributed by atoms with van der Waals surface area (Å²) in [6, 6.07) is 10.7. The highest BCUT2D eigenvalue weighted by Crippen LogP contribution is 2.35. The summed E-state index contributed by atoms with van der Waals surface area (Å²) in [4.78, 5) is 25.4. The molecule has 1 fully saturated rings. The number of aromatic nitrogens is 2. The molecule has 0 bridgehead atoms. The molecule has 0 aliphatic carbocycles. The van der Waals surface area contributed by atoms with Gasteiger partial charge in [-0.2, -0.15) is 0 Å². The Labute approximate surface area is 187 Å². The highest BCUT2D eigenvalue weighted by molar-refractivity contribution is 7.21. The Kier molecular flexibility index (Phi) is 6.83. The van der Waals surface area contributed by atoms with Crippen LogP contribution in [-0.2, 0) is 11.2 Å². The lowest BCUT2D eigenvalue weighted by Gasteiger charge is -2.37. The summed E-state index contributed by atoms with van der Waals surface area (Å²) in [5.41, 5.74) is 2.14. The molecule has 4 rings (SSSR count). The number of hydrogen-bond donors (Lipinski definition) is 1. The second-order valence-electron chi connectivity index (χ2n) is 8.12. The SMILES string of the molecule is COCCNC(=O)c1sc2ccccc2c1C[C@H]1CCCCN1c1cc(C)nc(C)n1. The van der Waals surface area contributed by atoms with Gasteiger partial charge in [0.05, 0.1) is 11.5 Å². The standard InChI is InChI=1S/C24H30N4O2S/c1-16-14-22(27-17(2)26-16)28-12-7-6-8-18(28)15-20-19-9-4-5-10-21(19)31-23(20)24(29)25-11-13-30-3/h4-5,9-10,14,18H,6-8,11-13,15H2,1-3H3,(H,25,29)/t18-/m1/s1. The number of aryl methyl sites for hydroxylation is 2. The van der Waals surface area contributed by atoms with E-state index >= 15 is 0 Å². The Morgan fingerprint density at radius 3 is 2.90 bits per heavy atom. The molecule has 1 atom stereocenters. The number of methoxy groups -OCH3 is 1. The van der Waals surface area contributed by atoms with Gasteiger partial charge in [0.15, 0.2) is 0 Å². The molecule has 3 heterocycles. The molecular weight excluding hydrogens is 408 g/mol. The van der Waals surface area contributed by atoms with Crippen LogP contribution in [0, 0.1) is 13.8 Å². The average molecular weight is 439 g/mol. The summed E-state index contributed by atoms with van der Waals surface area (Å²) in [7, 11) is 1.64. The Morgan fingerprint density at radius 2 is 2.10 bits per heavy atom. The molecule has 7 heteroatoms. The maximum Gasteiger partial charge on any atom is 0.261 e. The molecule has 1 aromatic carbocycles. The van der Waals surface area contributed by atoms with Gasteiger partial charge in [-0.25, -0.2) is 9.97 Å². The fourth-order valence-corrected chi connectivity index (χ4v) is 5.58. The molecule has 1 aliphatic rings. The van der Waals surface area contributed by atoms with Crippen LogP contribution < -0.4 is 10.2 Å². The quantitative estimate of drug-likeness (QED) is 0.558. The first-order chi connectivity index (χ1) is 15.1. The summed E-state index contributed by atoms with van der Waals surface area (Å²) >= 11 is 1.58. The minimum atomic E-state index is -0.00988. The monoisotopic (exact) mass is 438 g/mol. The largest absolute Gasteiger partial charge is 0.383 e. The lowest BCUT2D eigenvalue weighted by atomic mass is 9.94. The first-order valence-electron chi connectivity index (χ1n) is 10.9. The fourth-order valence-electron chi connectivity index (χ4n) is 4.43. The number of carbonyl (C=O) groups excluding carboxylic acids is 1. The molecule has 1 N–H and O–H groups in total. The van der Waals surface area contributed by atoms with Crippen molar-refractivity contribution in [1.82, 2.24) is 15.3 Å². The molecule has 1 saturated heterocycles. The fraction of sp³-hybridized carbons (Fsp3) is 0.458. The predicted octanol–water partition coefficient (Wildman–Crippen LogP) is 4.29. The van der Waals surface area contributed by atoms with E-state index in [-0.39, 0.29) is 5.91 Å². The number of hydrogen-bond acceptors (Lipinski definition) is 6. The summed E-state index contributed by atoms with van der Waals surface area (Å²) in [5.74, 6) is 1.79. The first-order valence-corrected chi connectivity index (χ1v) is 11.7. The maximum atomic E-state index is 13.0. The second-order valence-corrected chi connectivity index (χ2v) is 9.17. The van der Waals surface area contributed by atoms with Gasteiger partial charge < -0.3 is 15.0 Å². The third-order valence-electron chi connectivity index (χ3n) is 5.81. The number of benzene rings is 1. The van der Waals surface area contributed by atoms with E-state index in [9.17, 15) is 4.79 Å². The highest BCUT2D eigenvalue weighted by Gasteiger charge is 2.28. The molecule has 1 amide bonds. The smallest absolute Gasteiger partial charge is 0.261 e. The van der Waals surface area contributed by atoms with E-state index < -0.39 is 0 Å². The third kappa shape index (κ3) is 4.88. The van der Waals surface area contributed by atoms with E-state index in [4.69, 9.17) is 9.72 Å². The molecule has 31 heavy (non-hydrogen) atoms. The average Bonchev–Trinajstić information content (AvgIpc) is 3.12. The Bertz CT molecular complexity index is 1040. The zero-order chi connectivity index (χ0) is 21.8. The van der Waals surface area contributed by atoms with Gasteiger partial charge in [-0.05, 0) is 56.5 Å². The molecule has 0 radical (unpaired) electrons. The van der Waals surface area contributed by atoms with Crippen LogP contribution >= 0.6 is 11.3 Å². The highest BCUT2D eigenvalue weighted by atomic mass is 32.1. The van der Waals surface area contributed by atoms with Crippen molar-refractivity contribution in [1.29, 1.82) is 0 Å². The van der Waals surface area contributed by atoms with Gasteiger partial charge in [0.1, 0.15) is 11.6 Å². The number of anilines is 1. The number of nitrogens with zero attached hydrogens (tertiary/aromatic N) is 3. The van der Waals surface area contributed by atoms with Crippen molar-refractivity contribution in [2.24, 2.45) is 0 Å². The molecule has 3 aromatic rings. The number of carbonyl (C=O) groups is 1. The van der Waals surface area contributed by atoms with Crippen molar-refractivity contribution < 1.29 is 9.53 Å². The van der Waals surface area contributed by atoms with E-state index in [1.54, 1.807) is 18.4 Å². The van der Waals surface area contributed by atoms with Crippen LogP contribution in [0.1, 0.15) is 46.0 Å². The van der Waals surface area contributed by atoms with Crippen LogP contribution in [0.15, 0.2) is 30.3 Å². The number of piperidine rings is 1. The molecular formula is C24H30N4O2S. The Hall–Kier alpha value is -2.51. The van der Waals surface area contributed by atoms with Gasteiger partial charge in [0.2, 0.25) is 0 Å². The Balaban J connectivity index is 1.67. The van der Waals surface area contributed by atoms with Gasteiger partial charge in [-0.1, -0.05) is 18.2 Å². The molecule has 1 aliphatic heterocycles. The van der Waals surface area contributed by atoms with Crippen molar-refractivity contribution in [3.05, 3.63) is 52.3 Å². The number of ether oxygens (including phenoxy) is 1. The minimum absolute atomic E-state index is 0.00988. The number of thiophene rings is 1. The van der Waals surface area contributed by atoms with E-state index in [1.165, 1.54) is 11.8 Å². The van der Waals surface area contributed by atoms with Gasteiger partial charge in [-0.3, -0.25) is 4.79 Å². The van der Waals surface area contributed by atoms with Crippen LogP contribution in [0.2, 0.25) is 0 Å². The zero-order valence-corrected chi connectivity index (χ0v) is 19.3. The molecule has 0 spiro atoms. The van der Waals surface area contributed by atoms with E-state index in [0.29, 0.717) is 19.2 Å². The van der Waals surface area contributed by atoms with E-state index in [0.717, 1.165) is 58.3 Å². The molecule has 6 nitrogen and oxygen atoms in total. The maximum absolute atomic E-state index is 13.0. The Morgan fingerprint density at radius 1 is 1.26 bits per heavy atom. The van der Waals surface area contributed by atoms with Gasteiger partial charge in [0.25, 0.3) is 5.91 Å². The van der Waals surface area contributed by atoms with Gasteiger partial charge >= 0.3 is 0 Å². The predicted molar refractivity (Wildman–Crippen MR) is 126 cm³/mol. The summed E-state index contributed by atoms with van der Waals surface area (Å²) in [5, 5.41) is 4.19. The van der Waals surface area contributed by atoms with Crippen molar-refractivity contribution in [2.45, 2.75) is 45.6 Å². The van der Waals surface area contributed by atoms with Crippen LogP contribution in [0.5, 0.6) is 0 Å². The number of amides is 1. The van der Waals surface area contributed by atoms with Gasteiger partial charge in [0, 0.05) is 42.7 Å². The number of nitrogens with one attached hydrogen (secondary N) is 1. The van der Waals surface area contributed by atoms with E-state index in [1.807, 2.05) is 19.9 Å². The molecule has 0 saturated carbocycles. The molecule has 2 aromatic heterocycles. The van der Waals surface area contributed by atoms with Crippen LogP contribution in [0.25, 0.3) is 10.1 Å². The van der Waals surface area contributed by atoms with Crippen molar-refractivity contribution in [3.8, 4) is 0 Å². The summed E-state index contributed by atoms with van der Waals surface area (Å²) in [6.07, 6.45) is 4.28. The third-order valence-corrected chi connectivity index (χ3v) is 7.02. The van der Waals surface area contributed by atoms with Crippen LogP contribution in [0.3, 0.4) is 0 Å². The van der Waals surface area contributed by atoms with Crippen molar-refractivity contribution >= 4 is 33.1 Å². The van der Waals surface area contributed by atoms with Crippen LogP contribution in [0.4, 0.5) is 5.82 Å². The molecule has 0 unspecified atom stereocenters. The van der Waals surface area contributed by atoms with E-state index in [2.05, 4.69) is 39.5 Å². The lowest BCUT2D eigenvalue weighted by molar-refractivity contribution is 0.0940.